The SMILES string of the molecule is CC1CN(CC(=O)c2ccc(F)cc2)CC(CO)O1. The third kappa shape index (κ3) is 3.83. The Labute approximate surface area is 111 Å². The van der Waals surface area contributed by atoms with Gasteiger partial charge in [0.25, 0.3) is 0 Å². The highest BCUT2D eigenvalue weighted by molar-refractivity contribution is 5.97. The van der Waals surface area contributed by atoms with Gasteiger partial charge in [0.2, 0.25) is 0 Å². The van der Waals surface area contributed by atoms with Crippen molar-refractivity contribution in [2.45, 2.75) is 19.1 Å². The van der Waals surface area contributed by atoms with E-state index in [0.29, 0.717) is 18.7 Å². The first kappa shape index (κ1) is 14.1. The minimum Gasteiger partial charge on any atom is -0.394 e. The van der Waals surface area contributed by atoms with Crippen molar-refractivity contribution in [3.8, 4) is 0 Å². The molecule has 1 fully saturated rings. The summed E-state index contributed by atoms with van der Waals surface area (Å²) >= 11 is 0. The van der Waals surface area contributed by atoms with Gasteiger partial charge in [-0.25, -0.2) is 4.39 Å². The van der Waals surface area contributed by atoms with Crippen LogP contribution < -0.4 is 0 Å². The molecule has 0 saturated carbocycles. The summed E-state index contributed by atoms with van der Waals surface area (Å²) in [4.78, 5) is 14.0. The first-order chi connectivity index (χ1) is 9.08. The Balaban J connectivity index is 1.96. The summed E-state index contributed by atoms with van der Waals surface area (Å²) < 4.78 is 18.3. The van der Waals surface area contributed by atoms with E-state index in [1.54, 1.807) is 0 Å². The number of morpholine rings is 1. The van der Waals surface area contributed by atoms with Gasteiger partial charge in [0.1, 0.15) is 5.82 Å². The normalized spacial score (nSPS) is 24.4. The number of Topliss-reactive ketones (excluding diaryl/α,β-unsaturated/α-hetero) is 1. The van der Waals surface area contributed by atoms with Crippen LogP contribution in [-0.2, 0) is 4.74 Å². The number of halogens is 1. The first-order valence-electron chi connectivity index (χ1n) is 6.36. The van der Waals surface area contributed by atoms with Crippen molar-refractivity contribution >= 4 is 5.78 Å². The average Bonchev–Trinajstić information content (AvgIpc) is 2.38. The van der Waals surface area contributed by atoms with Gasteiger partial charge in [-0.3, -0.25) is 9.69 Å². The molecular weight excluding hydrogens is 249 g/mol. The van der Waals surface area contributed by atoms with Crippen molar-refractivity contribution in [1.29, 1.82) is 0 Å². The second kappa shape index (κ2) is 6.23. The number of carbonyl (C=O) groups is 1. The Morgan fingerprint density at radius 3 is 2.74 bits per heavy atom. The molecule has 2 unspecified atom stereocenters. The lowest BCUT2D eigenvalue weighted by Gasteiger charge is -2.35. The number of carbonyl (C=O) groups excluding carboxylic acids is 1. The van der Waals surface area contributed by atoms with Crippen molar-refractivity contribution in [1.82, 2.24) is 4.90 Å². The molecule has 0 amide bonds. The fraction of sp³-hybridized carbons (Fsp3) is 0.500. The molecule has 1 aliphatic rings. The fourth-order valence-electron chi connectivity index (χ4n) is 2.30. The van der Waals surface area contributed by atoms with Crippen LogP contribution in [0.5, 0.6) is 0 Å². The molecule has 0 radical (unpaired) electrons. The van der Waals surface area contributed by atoms with E-state index < -0.39 is 0 Å². The Morgan fingerprint density at radius 1 is 1.42 bits per heavy atom. The van der Waals surface area contributed by atoms with Crippen molar-refractivity contribution in [3.63, 3.8) is 0 Å². The van der Waals surface area contributed by atoms with Gasteiger partial charge in [-0.1, -0.05) is 0 Å². The Bertz CT molecular complexity index is 435. The maximum atomic E-state index is 12.8. The second-order valence-corrected chi connectivity index (χ2v) is 4.88. The molecule has 0 spiro atoms. The molecule has 1 aromatic rings. The van der Waals surface area contributed by atoms with Crippen LogP contribution in [0, 0.1) is 5.82 Å². The zero-order chi connectivity index (χ0) is 13.8. The number of benzene rings is 1. The minimum absolute atomic E-state index is 0.00748. The van der Waals surface area contributed by atoms with Crippen LogP contribution in [0.1, 0.15) is 17.3 Å². The van der Waals surface area contributed by atoms with E-state index in [9.17, 15) is 9.18 Å². The van der Waals surface area contributed by atoms with Crippen LogP contribution in [0.4, 0.5) is 4.39 Å². The highest BCUT2D eigenvalue weighted by Crippen LogP contribution is 2.12. The van der Waals surface area contributed by atoms with Crippen molar-refractivity contribution < 1.29 is 19.0 Å². The quantitative estimate of drug-likeness (QED) is 0.830. The van der Waals surface area contributed by atoms with Gasteiger partial charge in [0.15, 0.2) is 5.78 Å². The number of ketones is 1. The van der Waals surface area contributed by atoms with Crippen molar-refractivity contribution in [2.75, 3.05) is 26.2 Å². The summed E-state index contributed by atoms with van der Waals surface area (Å²) in [6, 6.07) is 5.55. The molecule has 5 heteroatoms. The van der Waals surface area contributed by atoms with Gasteiger partial charge in [-0.15, -0.1) is 0 Å². The monoisotopic (exact) mass is 267 g/mol. The van der Waals surface area contributed by atoms with Crippen LogP contribution in [0.25, 0.3) is 0 Å². The predicted molar refractivity (Wildman–Crippen MR) is 68.6 cm³/mol. The number of aliphatic hydroxyl groups is 1. The van der Waals surface area contributed by atoms with E-state index in [2.05, 4.69) is 0 Å². The molecule has 19 heavy (non-hydrogen) atoms. The molecule has 0 aromatic heterocycles. The largest absolute Gasteiger partial charge is 0.394 e. The topological polar surface area (TPSA) is 49.8 Å². The van der Waals surface area contributed by atoms with E-state index in [-0.39, 0.29) is 37.0 Å². The van der Waals surface area contributed by atoms with Gasteiger partial charge in [0, 0.05) is 18.7 Å². The molecule has 1 heterocycles. The molecule has 2 atom stereocenters. The third-order valence-electron chi connectivity index (χ3n) is 3.14. The molecule has 4 nitrogen and oxygen atoms in total. The maximum absolute atomic E-state index is 12.8. The van der Waals surface area contributed by atoms with Crippen LogP contribution in [0.2, 0.25) is 0 Å². The summed E-state index contributed by atoms with van der Waals surface area (Å²) in [6.07, 6.45) is -0.253. The first-order valence-corrected chi connectivity index (χ1v) is 6.36. The van der Waals surface area contributed by atoms with E-state index >= 15 is 0 Å². The summed E-state index contributed by atoms with van der Waals surface area (Å²) in [5.41, 5.74) is 0.501. The zero-order valence-electron chi connectivity index (χ0n) is 10.9. The molecule has 1 saturated heterocycles. The molecule has 1 N–H and O–H groups in total. The van der Waals surface area contributed by atoms with Crippen molar-refractivity contribution in [2.24, 2.45) is 0 Å². The van der Waals surface area contributed by atoms with Crippen LogP contribution >= 0.6 is 0 Å². The molecule has 2 rings (SSSR count). The van der Waals surface area contributed by atoms with Gasteiger partial charge in [-0.05, 0) is 31.2 Å². The highest BCUT2D eigenvalue weighted by Gasteiger charge is 2.26. The summed E-state index contributed by atoms with van der Waals surface area (Å²) in [5, 5.41) is 9.13. The van der Waals surface area contributed by atoms with Gasteiger partial charge in [0.05, 0.1) is 25.4 Å². The predicted octanol–water partition coefficient (Wildman–Crippen LogP) is 1.09. The maximum Gasteiger partial charge on any atom is 0.176 e. The average molecular weight is 267 g/mol. The number of rotatable bonds is 4. The van der Waals surface area contributed by atoms with E-state index in [0.717, 1.165) is 0 Å². The Kier molecular flexibility index (Phi) is 4.63. The lowest BCUT2D eigenvalue weighted by Crippen LogP contribution is -2.49. The smallest absolute Gasteiger partial charge is 0.176 e. The van der Waals surface area contributed by atoms with Crippen molar-refractivity contribution in [3.05, 3.63) is 35.6 Å². The number of hydrogen-bond acceptors (Lipinski definition) is 4. The van der Waals surface area contributed by atoms with E-state index in [1.807, 2.05) is 11.8 Å². The standard InChI is InChI=1S/C14H18FNO3/c1-10-6-16(7-13(9-17)19-10)8-14(18)11-2-4-12(15)5-3-11/h2-5,10,13,17H,6-9H2,1H3. The van der Waals surface area contributed by atoms with Crippen LogP contribution in [0.3, 0.4) is 0 Å². The molecule has 0 bridgehead atoms. The molecule has 104 valence electrons. The molecular formula is C14H18FNO3. The fourth-order valence-corrected chi connectivity index (χ4v) is 2.30. The molecule has 1 aliphatic heterocycles. The second-order valence-electron chi connectivity index (χ2n) is 4.88. The lowest BCUT2D eigenvalue weighted by atomic mass is 10.1. The highest BCUT2D eigenvalue weighted by atomic mass is 19.1. The van der Waals surface area contributed by atoms with Gasteiger partial charge in [-0.2, -0.15) is 0 Å². The Morgan fingerprint density at radius 2 is 2.11 bits per heavy atom. The minimum atomic E-state index is -0.350. The summed E-state index contributed by atoms with van der Waals surface area (Å²) in [5.74, 6) is -0.400. The van der Waals surface area contributed by atoms with E-state index in [4.69, 9.17) is 9.84 Å². The number of nitrogens with zero attached hydrogens (tertiary/aromatic N) is 1. The number of aliphatic hydroxyl groups excluding tert-OH is 1. The van der Waals surface area contributed by atoms with E-state index in [1.165, 1.54) is 24.3 Å². The van der Waals surface area contributed by atoms with Crippen LogP contribution in [-0.4, -0.2) is 54.2 Å². The lowest BCUT2D eigenvalue weighted by molar-refractivity contribution is -0.0926. The number of hydrogen-bond donors (Lipinski definition) is 1. The van der Waals surface area contributed by atoms with Crippen LogP contribution in [0.15, 0.2) is 24.3 Å². The summed E-state index contributed by atoms with van der Waals surface area (Å²) in [6.45, 7) is 3.32. The zero-order valence-corrected chi connectivity index (χ0v) is 10.9. The molecule has 0 aliphatic carbocycles. The van der Waals surface area contributed by atoms with Gasteiger partial charge >= 0.3 is 0 Å². The summed E-state index contributed by atoms with van der Waals surface area (Å²) in [7, 11) is 0. The Hall–Kier alpha value is -1.30. The third-order valence-corrected chi connectivity index (χ3v) is 3.14. The van der Waals surface area contributed by atoms with Gasteiger partial charge < -0.3 is 9.84 Å². The molecule has 1 aromatic carbocycles. The number of ether oxygens (including phenoxy) is 1.